The summed E-state index contributed by atoms with van der Waals surface area (Å²) in [4.78, 5) is 30.9. The van der Waals surface area contributed by atoms with E-state index < -0.39 is 0 Å². The number of hydrogen-bond acceptors (Lipinski definition) is 3. The number of unbranched alkanes of at least 4 members (excludes halogenated alkanes) is 7. The van der Waals surface area contributed by atoms with Crippen molar-refractivity contribution in [2.75, 3.05) is 18.0 Å². The number of hydrogen-bond donors (Lipinski definition) is 0. The molecule has 0 aliphatic carbocycles. The van der Waals surface area contributed by atoms with Crippen molar-refractivity contribution in [2.45, 2.75) is 78.6 Å². The third kappa shape index (κ3) is 4.96. The first kappa shape index (κ1) is 24.3. The number of aryl methyl sites for hydroxylation is 2. The van der Waals surface area contributed by atoms with Gasteiger partial charge in [-0.15, -0.1) is 0 Å². The minimum absolute atomic E-state index is 0.141. The van der Waals surface area contributed by atoms with Gasteiger partial charge in [0.1, 0.15) is 5.70 Å². The molecular formula is C30H38N2O2. The highest BCUT2D eigenvalue weighted by molar-refractivity contribution is 6.36. The van der Waals surface area contributed by atoms with E-state index in [-0.39, 0.29) is 11.8 Å². The van der Waals surface area contributed by atoms with E-state index in [0.717, 1.165) is 42.6 Å². The van der Waals surface area contributed by atoms with Crippen LogP contribution in [0.2, 0.25) is 0 Å². The molecule has 4 nitrogen and oxygen atoms in total. The molecule has 0 saturated carbocycles. The Bertz CT molecular complexity index is 1080. The van der Waals surface area contributed by atoms with Crippen LogP contribution in [0, 0.1) is 13.8 Å². The molecule has 4 heteroatoms. The van der Waals surface area contributed by atoms with Crippen molar-refractivity contribution in [1.82, 2.24) is 4.90 Å². The van der Waals surface area contributed by atoms with Crippen LogP contribution in [0.3, 0.4) is 0 Å². The van der Waals surface area contributed by atoms with Crippen LogP contribution in [0.5, 0.6) is 0 Å². The van der Waals surface area contributed by atoms with Gasteiger partial charge >= 0.3 is 0 Å². The SMILES string of the molecule is CCCCCCCCCCN1C(=O)C(c2ccc(C)c(C)c2)=C(N2CCc3ccccc32)C1=O. The van der Waals surface area contributed by atoms with Crippen LogP contribution in [0.15, 0.2) is 48.2 Å². The number of anilines is 1. The summed E-state index contributed by atoms with van der Waals surface area (Å²) in [6.07, 6.45) is 10.4. The maximum absolute atomic E-state index is 13.7. The second kappa shape index (κ2) is 11.0. The molecule has 2 amide bonds. The average molecular weight is 459 g/mol. The Morgan fingerprint density at radius 3 is 2.24 bits per heavy atom. The smallest absolute Gasteiger partial charge is 0.278 e. The quantitative estimate of drug-likeness (QED) is 0.282. The van der Waals surface area contributed by atoms with Crippen molar-refractivity contribution in [3.05, 3.63) is 70.4 Å². The fourth-order valence-electron chi connectivity index (χ4n) is 5.15. The highest BCUT2D eigenvalue weighted by Gasteiger charge is 2.42. The number of rotatable bonds is 11. The number of fused-ring (bicyclic) bond motifs is 1. The van der Waals surface area contributed by atoms with E-state index in [9.17, 15) is 9.59 Å². The molecule has 2 aliphatic rings. The monoisotopic (exact) mass is 458 g/mol. The maximum Gasteiger partial charge on any atom is 0.278 e. The highest BCUT2D eigenvalue weighted by atomic mass is 16.2. The Balaban J connectivity index is 1.55. The van der Waals surface area contributed by atoms with Gasteiger partial charge in [-0.25, -0.2) is 0 Å². The first-order chi connectivity index (χ1) is 16.5. The molecule has 2 heterocycles. The molecule has 34 heavy (non-hydrogen) atoms. The van der Waals surface area contributed by atoms with Crippen LogP contribution >= 0.6 is 0 Å². The van der Waals surface area contributed by atoms with Crippen molar-refractivity contribution >= 4 is 23.1 Å². The van der Waals surface area contributed by atoms with Crippen molar-refractivity contribution in [3.8, 4) is 0 Å². The summed E-state index contributed by atoms with van der Waals surface area (Å²) in [5.74, 6) is -0.284. The van der Waals surface area contributed by atoms with Crippen molar-refractivity contribution < 1.29 is 9.59 Å². The van der Waals surface area contributed by atoms with Gasteiger partial charge in [-0.1, -0.05) is 88.3 Å². The lowest BCUT2D eigenvalue weighted by Crippen LogP contribution is -2.35. The number of para-hydroxylation sites is 1. The summed E-state index contributed by atoms with van der Waals surface area (Å²) in [5, 5.41) is 0. The minimum Gasteiger partial charge on any atom is -0.336 e. The van der Waals surface area contributed by atoms with Crippen LogP contribution in [-0.4, -0.2) is 29.8 Å². The van der Waals surface area contributed by atoms with Gasteiger partial charge in [0.05, 0.1) is 5.57 Å². The molecule has 2 aliphatic heterocycles. The number of benzene rings is 2. The number of nitrogens with zero attached hydrogens (tertiary/aromatic N) is 2. The van der Waals surface area contributed by atoms with E-state index in [1.54, 1.807) is 0 Å². The van der Waals surface area contributed by atoms with Gasteiger partial charge in [0.15, 0.2) is 0 Å². The van der Waals surface area contributed by atoms with Gasteiger partial charge in [0, 0.05) is 18.8 Å². The lowest BCUT2D eigenvalue weighted by Gasteiger charge is -2.22. The van der Waals surface area contributed by atoms with E-state index in [4.69, 9.17) is 0 Å². The highest BCUT2D eigenvalue weighted by Crippen LogP contribution is 2.39. The maximum atomic E-state index is 13.7. The lowest BCUT2D eigenvalue weighted by atomic mass is 9.99. The molecule has 4 rings (SSSR count). The van der Waals surface area contributed by atoms with Gasteiger partial charge in [0.25, 0.3) is 11.8 Å². The summed E-state index contributed by atoms with van der Waals surface area (Å²) in [5.41, 5.74) is 6.56. The largest absolute Gasteiger partial charge is 0.336 e. The number of amides is 2. The van der Waals surface area contributed by atoms with Gasteiger partial charge in [-0.2, -0.15) is 0 Å². The Morgan fingerprint density at radius 2 is 1.50 bits per heavy atom. The molecule has 0 unspecified atom stereocenters. The summed E-state index contributed by atoms with van der Waals surface area (Å²) in [7, 11) is 0. The first-order valence-electron chi connectivity index (χ1n) is 13.1. The molecule has 0 radical (unpaired) electrons. The summed E-state index contributed by atoms with van der Waals surface area (Å²) in [6, 6.07) is 14.3. The van der Waals surface area contributed by atoms with Crippen LogP contribution in [0.1, 0.15) is 80.5 Å². The van der Waals surface area contributed by atoms with Gasteiger partial charge < -0.3 is 4.90 Å². The fourth-order valence-corrected chi connectivity index (χ4v) is 5.15. The van der Waals surface area contributed by atoms with Crippen molar-refractivity contribution in [1.29, 1.82) is 0 Å². The number of carbonyl (C=O) groups is 2. The minimum atomic E-state index is -0.143. The normalized spacial score (nSPS) is 15.6. The second-order valence-electron chi connectivity index (χ2n) is 9.79. The molecule has 0 bridgehead atoms. The molecule has 2 aromatic rings. The number of carbonyl (C=O) groups excluding carboxylic acids is 2. The Morgan fingerprint density at radius 1 is 0.794 bits per heavy atom. The molecule has 0 spiro atoms. The standard InChI is InChI=1S/C30H38N2O2/c1-4-5-6-7-8-9-10-13-19-32-29(33)27(25-17-16-22(2)23(3)21-25)28(30(32)34)31-20-18-24-14-11-12-15-26(24)31/h11-12,14-17,21H,4-10,13,18-20H2,1-3H3. The van der Waals surface area contributed by atoms with Crippen LogP contribution < -0.4 is 4.90 Å². The molecule has 0 atom stereocenters. The van der Waals surface area contributed by atoms with E-state index in [2.05, 4.69) is 43.9 Å². The summed E-state index contributed by atoms with van der Waals surface area (Å²) < 4.78 is 0. The predicted octanol–water partition coefficient (Wildman–Crippen LogP) is 6.59. The average Bonchev–Trinajstić information content (AvgIpc) is 3.36. The van der Waals surface area contributed by atoms with Crippen LogP contribution in [0.4, 0.5) is 5.69 Å². The third-order valence-electron chi connectivity index (χ3n) is 7.33. The Labute approximate surface area is 204 Å². The first-order valence-corrected chi connectivity index (χ1v) is 13.1. The zero-order valence-corrected chi connectivity index (χ0v) is 21.0. The van der Waals surface area contributed by atoms with Crippen molar-refractivity contribution in [2.24, 2.45) is 0 Å². The van der Waals surface area contributed by atoms with Crippen LogP contribution in [0.25, 0.3) is 5.57 Å². The van der Waals surface area contributed by atoms with Crippen LogP contribution in [-0.2, 0) is 16.0 Å². The van der Waals surface area contributed by atoms with E-state index in [1.807, 2.05) is 24.3 Å². The topological polar surface area (TPSA) is 40.6 Å². The molecule has 0 N–H and O–H groups in total. The fraction of sp³-hybridized carbons (Fsp3) is 0.467. The molecule has 180 valence electrons. The lowest BCUT2D eigenvalue weighted by molar-refractivity contribution is -0.136. The van der Waals surface area contributed by atoms with Crippen molar-refractivity contribution in [3.63, 3.8) is 0 Å². The van der Waals surface area contributed by atoms with E-state index in [0.29, 0.717) is 17.8 Å². The van der Waals surface area contributed by atoms with E-state index in [1.165, 1.54) is 54.6 Å². The molecule has 0 aromatic heterocycles. The van der Waals surface area contributed by atoms with Gasteiger partial charge in [-0.05, 0) is 55.0 Å². The second-order valence-corrected chi connectivity index (χ2v) is 9.79. The zero-order chi connectivity index (χ0) is 24.1. The Kier molecular flexibility index (Phi) is 7.87. The zero-order valence-electron chi connectivity index (χ0n) is 21.0. The molecular weight excluding hydrogens is 420 g/mol. The number of imide groups is 1. The third-order valence-corrected chi connectivity index (χ3v) is 7.33. The van der Waals surface area contributed by atoms with Gasteiger partial charge in [-0.3, -0.25) is 14.5 Å². The summed E-state index contributed by atoms with van der Waals surface area (Å²) >= 11 is 0. The predicted molar refractivity (Wildman–Crippen MR) is 140 cm³/mol. The summed E-state index contributed by atoms with van der Waals surface area (Å²) in [6.45, 7) is 7.60. The molecule has 2 aromatic carbocycles. The molecule has 0 saturated heterocycles. The molecule has 0 fully saturated rings. The van der Waals surface area contributed by atoms with Gasteiger partial charge in [0.2, 0.25) is 0 Å². The Hall–Kier alpha value is -2.88. The van der Waals surface area contributed by atoms with E-state index >= 15 is 0 Å².